The molecule has 9 heteroatoms. The molecule has 0 N–H and O–H groups in total. The Hall–Kier alpha value is -0.892. The third kappa shape index (κ3) is 7.57. The zero-order valence-electron chi connectivity index (χ0n) is 27.5. The zero-order valence-corrected chi connectivity index (χ0v) is 31.5. The maximum Gasteiger partial charge on any atom is 0.388 e. The summed E-state index contributed by atoms with van der Waals surface area (Å²) in [7, 11) is -10.0. The highest BCUT2D eigenvalue weighted by Crippen LogP contribution is 2.47. The van der Waals surface area contributed by atoms with Crippen molar-refractivity contribution in [1.82, 2.24) is 0 Å². The van der Waals surface area contributed by atoms with Crippen molar-refractivity contribution in [1.29, 1.82) is 0 Å². The fraction of sp³-hybridized carbons (Fsp3) is 0.647. The SMILES string of the molecule is CC(C1CCC2OC2C1)[Si](C)(C)O[Si](C)(C)O[Si](O[Si](C)(C)CCC1CCC2OC2C1)(c1ccccc1)c1ccccc1. The van der Waals surface area contributed by atoms with Crippen molar-refractivity contribution in [3.63, 3.8) is 0 Å². The number of hydrogen-bond acceptors (Lipinski definition) is 5. The minimum atomic E-state index is -3.11. The number of ether oxygens (including phenoxy) is 2. The number of hydrogen-bond donors (Lipinski definition) is 0. The van der Waals surface area contributed by atoms with Crippen LogP contribution in [0.25, 0.3) is 0 Å². The van der Waals surface area contributed by atoms with E-state index in [0.29, 0.717) is 35.9 Å². The summed E-state index contributed by atoms with van der Waals surface area (Å²) in [5.41, 5.74) is 0.551. The fourth-order valence-corrected chi connectivity index (χ4v) is 27.2. The van der Waals surface area contributed by atoms with Crippen LogP contribution in [0.2, 0.25) is 50.9 Å². The minimum absolute atomic E-state index is 0.496. The topological polar surface area (TPSA) is 52.8 Å². The third-order valence-electron chi connectivity index (χ3n) is 10.7. The largest absolute Gasteiger partial charge is 0.436 e. The second-order valence-corrected chi connectivity index (χ2v) is 31.2. The number of rotatable bonds is 13. The number of epoxide rings is 2. The normalized spacial score (nSPS) is 29.8. The van der Waals surface area contributed by atoms with Crippen LogP contribution in [0.1, 0.15) is 51.9 Å². The van der Waals surface area contributed by atoms with E-state index in [1.165, 1.54) is 55.3 Å². The quantitative estimate of drug-likeness (QED) is 0.167. The Labute approximate surface area is 264 Å². The summed E-state index contributed by atoms with van der Waals surface area (Å²) in [4.78, 5) is 0. The second-order valence-electron chi connectivity index (χ2n) is 15.4. The molecule has 0 spiro atoms. The van der Waals surface area contributed by atoms with Gasteiger partial charge in [-0.2, -0.15) is 0 Å². The van der Waals surface area contributed by atoms with Crippen molar-refractivity contribution >= 4 is 44.1 Å². The maximum atomic E-state index is 7.65. The molecule has 7 atom stereocenters. The molecule has 2 aromatic carbocycles. The van der Waals surface area contributed by atoms with Crippen molar-refractivity contribution in [2.24, 2.45) is 11.8 Å². The molecule has 2 saturated carbocycles. The average molecular weight is 655 g/mol. The Morgan fingerprint density at radius 1 is 0.674 bits per heavy atom. The van der Waals surface area contributed by atoms with Gasteiger partial charge in [-0.1, -0.05) is 74.0 Å². The van der Waals surface area contributed by atoms with Gasteiger partial charge >= 0.3 is 17.1 Å². The summed E-state index contributed by atoms with van der Waals surface area (Å²) >= 11 is 0. The van der Waals surface area contributed by atoms with Crippen LogP contribution < -0.4 is 10.4 Å². The molecule has 5 nitrogen and oxygen atoms in total. The van der Waals surface area contributed by atoms with Gasteiger partial charge in [0.15, 0.2) is 16.6 Å². The lowest BCUT2D eigenvalue weighted by Crippen LogP contribution is -2.71. The van der Waals surface area contributed by atoms with Crippen molar-refractivity contribution in [3.05, 3.63) is 60.7 Å². The van der Waals surface area contributed by atoms with E-state index >= 15 is 0 Å². The predicted octanol–water partition coefficient (Wildman–Crippen LogP) is 7.32. The van der Waals surface area contributed by atoms with Gasteiger partial charge in [-0.3, -0.25) is 0 Å². The summed E-state index contributed by atoms with van der Waals surface area (Å²) in [6, 6.07) is 22.8. The Balaban J connectivity index is 1.26. The standard InChI is InChI=1S/C34H54O5Si4/c1-26(28-19-21-32-34(25-28)36-32)41(4,5)38-42(6,7)39-43(29-14-10-8-11-15-29,30-16-12-9-13-17-30)37-40(2,3)23-22-27-18-20-31-33(24-27)35-31/h8-17,26-28,31-34H,18-25H2,1-7H3. The minimum Gasteiger partial charge on any atom is -0.436 e. The van der Waals surface area contributed by atoms with Gasteiger partial charge in [-0.25, -0.2) is 0 Å². The number of fused-ring (bicyclic) bond motifs is 2. The first kappa shape index (κ1) is 32.1. The molecular formula is C34H54O5Si4. The van der Waals surface area contributed by atoms with Crippen molar-refractivity contribution in [2.75, 3.05) is 0 Å². The Bertz CT molecular complexity index is 1190. The summed E-state index contributed by atoms with van der Waals surface area (Å²) in [5.74, 6) is 1.43. The van der Waals surface area contributed by atoms with Gasteiger partial charge in [0, 0.05) is 0 Å². The van der Waals surface area contributed by atoms with Gasteiger partial charge in [-0.15, -0.1) is 0 Å². The molecule has 2 aromatic rings. The fourth-order valence-electron chi connectivity index (χ4n) is 8.03. The van der Waals surface area contributed by atoms with Crippen LogP contribution in [0.4, 0.5) is 0 Å². The molecule has 2 aliphatic heterocycles. The van der Waals surface area contributed by atoms with E-state index in [1.807, 2.05) is 0 Å². The van der Waals surface area contributed by atoms with Crippen LogP contribution >= 0.6 is 0 Å². The molecule has 4 aliphatic rings. The first-order chi connectivity index (χ1) is 20.4. The van der Waals surface area contributed by atoms with E-state index in [2.05, 4.69) is 107 Å². The summed E-state index contributed by atoms with van der Waals surface area (Å²) in [6.45, 7) is 16.6. The second kappa shape index (κ2) is 12.4. The Morgan fingerprint density at radius 2 is 1.23 bits per heavy atom. The van der Waals surface area contributed by atoms with Gasteiger partial charge < -0.3 is 21.8 Å². The van der Waals surface area contributed by atoms with E-state index in [9.17, 15) is 0 Å². The lowest BCUT2D eigenvalue weighted by molar-refractivity contribution is 0.313. The Morgan fingerprint density at radius 3 is 1.79 bits per heavy atom. The van der Waals surface area contributed by atoms with E-state index in [4.69, 9.17) is 21.8 Å². The van der Waals surface area contributed by atoms with E-state index in [0.717, 1.165) is 12.0 Å². The molecular weight excluding hydrogens is 601 g/mol. The molecule has 0 bridgehead atoms. The van der Waals surface area contributed by atoms with Crippen molar-refractivity contribution in [3.8, 4) is 0 Å². The van der Waals surface area contributed by atoms with E-state index in [1.54, 1.807) is 0 Å². The first-order valence-electron chi connectivity index (χ1n) is 16.9. The highest BCUT2D eigenvalue weighted by molar-refractivity contribution is 7.02. The highest BCUT2D eigenvalue weighted by Gasteiger charge is 2.54. The van der Waals surface area contributed by atoms with Gasteiger partial charge in [0.1, 0.15) is 0 Å². The molecule has 236 valence electrons. The highest BCUT2D eigenvalue weighted by atomic mass is 28.5. The van der Waals surface area contributed by atoms with Crippen LogP contribution in [-0.2, 0) is 21.8 Å². The molecule has 7 unspecified atom stereocenters. The lowest BCUT2D eigenvalue weighted by Gasteiger charge is -2.46. The molecule has 2 aliphatic carbocycles. The Kier molecular flexibility index (Phi) is 9.23. The number of benzene rings is 2. The maximum absolute atomic E-state index is 7.65. The average Bonchev–Trinajstić information content (AvgIpc) is 3.90. The molecule has 43 heavy (non-hydrogen) atoms. The molecule has 6 rings (SSSR count). The summed E-state index contributed by atoms with van der Waals surface area (Å²) < 4.78 is 34.3. The van der Waals surface area contributed by atoms with Crippen LogP contribution in [-0.4, -0.2) is 58.2 Å². The van der Waals surface area contributed by atoms with E-state index < -0.39 is 33.8 Å². The van der Waals surface area contributed by atoms with Gasteiger partial charge in [0.2, 0.25) is 0 Å². The molecule has 0 aromatic heterocycles. The lowest BCUT2D eigenvalue weighted by atomic mass is 9.87. The monoisotopic (exact) mass is 654 g/mol. The zero-order chi connectivity index (χ0) is 30.5. The van der Waals surface area contributed by atoms with Gasteiger partial charge in [0.25, 0.3) is 0 Å². The summed E-state index contributed by atoms with van der Waals surface area (Å²) in [5, 5.41) is 2.38. The van der Waals surface area contributed by atoms with Gasteiger partial charge in [-0.05, 0) is 112 Å². The smallest absolute Gasteiger partial charge is 0.388 e. The van der Waals surface area contributed by atoms with Crippen molar-refractivity contribution in [2.45, 2.75) is 127 Å². The molecule has 4 fully saturated rings. The van der Waals surface area contributed by atoms with Gasteiger partial charge in [0.05, 0.1) is 24.4 Å². The molecule has 2 saturated heterocycles. The summed E-state index contributed by atoms with van der Waals surface area (Å²) in [6.07, 6.45) is 10.8. The van der Waals surface area contributed by atoms with Crippen LogP contribution in [0.3, 0.4) is 0 Å². The van der Waals surface area contributed by atoms with E-state index in [-0.39, 0.29) is 0 Å². The van der Waals surface area contributed by atoms with Crippen LogP contribution in [0.15, 0.2) is 60.7 Å². The van der Waals surface area contributed by atoms with Crippen LogP contribution in [0, 0.1) is 11.8 Å². The molecule has 0 radical (unpaired) electrons. The van der Waals surface area contributed by atoms with Crippen LogP contribution in [0.5, 0.6) is 0 Å². The third-order valence-corrected chi connectivity index (χ3v) is 27.6. The van der Waals surface area contributed by atoms with Crippen molar-refractivity contribution < 1.29 is 21.8 Å². The molecule has 0 amide bonds. The first-order valence-corrected chi connectivity index (χ1v) is 27.6. The molecule has 2 heterocycles. The predicted molar refractivity (Wildman–Crippen MR) is 184 cm³/mol.